The van der Waals surface area contributed by atoms with Crippen LogP contribution in [0.25, 0.3) is 0 Å². The zero-order valence-corrected chi connectivity index (χ0v) is 18.2. The molecule has 1 saturated carbocycles. The number of hydrogen-bond acceptors (Lipinski definition) is 5. The highest BCUT2D eigenvalue weighted by atomic mass is 32.2. The molecule has 0 aromatic rings. The van der Waals surface area contributed by atoms with Crippen LogP contribution in [0.5, 0.6) is 0 Å². The van der Waals surface area contributed by atoms with Gasteiger partial charge in [-0.15, -0.1) is 0 Å². The fourth-order valence-corrected chi connectivity index (χ4v) is 6.06. The van der Waals surface area contributed by atoms with E-state index in [1.54, 1.807) is 4.31 Å². The van der Waals surface area contributed by atoms with Crippen LogP contribution in [0.2, 0.25) is 0 Å². The van der Waals surface area contributed by atoms with E-state index in [2.05, 4.69) is 4.90 Å². The fraction of sp³-hybridized carbons (Fsp3) is 0.950. The molecule has 2 saturated heterocycles. The van der Waals surface area contributed by atoms with Crippen molar-refractivity contribution in [1.82, 2.24) is 14.1 Å². The summed E-state index contributed by atoms with van der Waals surface area (Å²) >= 11 is 0. The first-order valence-corrected chi connectivity index (χ1v) is 12.8. The van der Waals surface area contributed by atoms with Gasteiger partial charge in [-0.1, -0.05) is 25.7 Å². The molecule has 1 aliphatic carbocycles. The molecule has 1 atom stereocenters. The van der Waals surface area contributed by atoms with Gasteiger partial charge >= 0.3 is 0 Å². The lowest BCUT2D eigenvalue weighted by Crippen LogP contribution is -2.44. The Morgan fingerprint density at radius 2 is 1.82 bits per heavy atom. The minimum Gasteiger partial charge on any atom is -0.379 e. The van der Waals surface area contributed by atoms with Gasteiger partial charge in [0.25, 0.3) is 0 Å². The summed E-state index contributed by atoms with van der Waals surface area (Å²) in [5, 5.41) is 0. The molecule has 3 aliphatic rings. The quantitative estimate of drug-likeness (QED) is 0.571. The van der Waals surface area contributed by atoms with Crippen LogP contribution in [0.4, 0.5) is 0 Å². The standard InChI is InChI=1S/C20H37N3O4S/c1-28(25,26)23(11-4-10-21-13-15-27-16-14-21)19-9-12-22(17-19)20(24)8-7-18-5-2-3-6-18/h18-19H,2-17H2,1H3. The summed E-state index contributed by atoms with van der Waals surface area (Å²) in [4.78, 5) is 16.8. The first kappa shape index (κ1) is 22.0. The zero-order valence-electron chi connectivity index (χ0n) is 17.4. The van der Waals surface area contributed by atoms with Gasteiger partial charge in [0.05, 0.1) is 19.5 Å². The lowest BCUT2D eigenvalue weighted by molar-refractivity contribution is -0.130. The second-order valence-corrected chi connectivity index (χ2v) is 10.6. The topological polar surface area (TPSA) is 70.2 Å². The SMILES string of the molecule is CS(=O)(=O)N(CCCN1CCOCC1)C1CCN(C(=O)CCC2CCCC2)C1. The summed E-state index contributed by atoms with van der Waals surface area (Å²) in [7, 11) is -3.27. The Labute approximate surface area is 170 Å². The lowest BCUT2D eigenvalue weighted by Gasteiger charge is -2.30. The average Bonchev–Trinajstić information content (AvgIpc) is 3.35. The van der Waals surface area contributed by atoms with Crippen molar-refractivity contribution >= 4 is 15.9 Å². The molecule has 1 unspecified atom stereocenters. The normalized spacial score (nSPS) is 25.1. The molecular weight excluding hydrogens is 378 g/mol. The van der Waals surface area contributed by atoms with Crippen molar-refractivity contribution in [3.63, 3.8) is 0 Å². The highest BCUT2D eigenvalue weighted by Crippen LogP contribution is 2.29. The number of ether oxygens (including phenoxy) is 1. The van der Waals surface area contributed by atoms with Gasteiger partial charge in [-0.25, -0.2) is 8.42 Å². The maximum absolute atomic E-state index is 12.6. The molecule has 0 radical (unpaired) electrons. The molecule has 3 rings (SSSR count). The van der Waals surface area contributed by atoms with E-state index in [0.717, 1.165) is 58.0 Å². The number of nitrogens with zero attached hydrogens (tertiary/aromatic N) is 3. The van der Waals surface area contributed by atoms with E-state index in [9.17, 15) is 13.2 Å². The second kappa shape index (κ2) is 10.4. The summed E-state index contributed by atoms with van der Waals surface area (Å²) in [5.41, 5.74) is 0. The molecule has 0 bridgehead atoms. The van der Waals surface area contributed by atoms with Gasteiger partial charge in [-0.3, -0.25) is 9.69 Å². The molecule has 0 aromatic carbocycles. The molecule has 3 fully saturated rings. The monoisotopic (exact) mass is 415 g/mol. The molecule has 2 aliphatic heterocycles. The van der Waals surface area contributed by atoms with E-state index in [4.69, 9.17) is 4.74 Å². The summed E-state index contributed by atoms with van der Waals surface area (Å²) < 4.78 is 31.7. The van der Waals surface area contributed by atoms with Crippen LogP contribution >= 0.6 is 0 Å². The van der Waals surface area contributed by atoms with Gasteiger partial charge < -0.3 is 9.64 Å². The van der Waals surface area contributed by atoms with Gasteiger partial charge in [-0.2, -0.15) is 4.31 Å². The van der Waals surface area contributed by atoms with Crippen LogP contribution in [0, 0.1) is 5.92 Å². The predicted octanol–water partition coefficient (Wildman–Crippen LogP) is 1.54. The number of rotatable bonds is 9. The molecule has 162 valence electrons. The molecule has 7 nitrogen and oxygen atoms in total. The summed E-state index contributed by atoms with van der Waals surface area (Å²) in [6, 6.07) is -0.0740. The van der Waals surface area contributed by atoms with E-state index in [0.29, 0.717) is 26.1 Å². The van der Waals surface area contributed by atoms with E-state index in [-0.39, 0.29) is 11.9 Å². The Morgan fingerprint density at radius 1 is 1.11 bits per heavy atom. The van der Waals surface area contributed by atoms with Crippen LogP contribution in [-0.4, -0.2) is 93.2 Å². The van der Waals surface area contributed by atoms with Crippen LogP contribution in [-0.2, 0) is 19.6 Å². The van der Waals surface area contributed by atoms with E-state index in [1.165, 1.54) is 31.9 Å². The van der Waals surface area contributed by atoms with Crippen molar-refractivity contribution in [2.75, 3.05) is 58.7 Å². The molecule has 28 heavy (non-hydrogen) atoms. The third kappa shape index (κ3) is 6.40. The number of hydrogen-bond donors (Lipinski definition) is 0. The molecule has 0 spiro atoms. The number of carbonyl (C=O) groups excluding carboxylic acids is 1. The molecule has 0 N–H and O–H groups in total. The lowest BCUT2D eigenvalue weighted by atomic mass is 10.0. The second-order valence-electron chi connectivity index (χ2n) is 8.65. The maximum Gasteiger partial charge on any atom is 0.222 e. The van der Waals surface area contributed by atoms with Crippen molar-refractivity contribution in [3.05, 3.63) is 0 Å². The van der Waals surface area contributed by atoms with Gasteiger partial charge in [0.1, 0.15) is 0 Å². The van der Waals surface area contributed by atoms with Gasteiger partial charge in [0, 0.05) is 45.2 Å². The molecule has 1 amide bonds. The molecule has 8 heteroatoms. The number of likely N-dealkylation sites (tertiary alicyclic amines) is 1. The smallest absolute Gasteiger partial charge is 0.222 e. The van der Waals surface area contributed by atoms with Crippen molar-refractivity contribution in [2.45, 2.75) is 57.4 Å². The third-order valence-corrected chi connectivity index (χ3v) is 7.88. The van der Waals surface area contributed by atoms with Crippen molar-refractivity contribution < 1.29 is 17.9 Å². The zero-order chi connectivity index (χ0) is 20.0. The predicted molar refractivity (Wildman–Crippen MR) is 110 cm³/mol. The average molecular weight is 416 g/mol. The van der Waals surface area contributed by atoms with E-state index >= 15 is 0 Å². The first-order valence-electron chi connectivity index (χ1n) is 11.0. The van der Waals surface area contributed by atoms with Crippen molar-refractivity contribution in [2.24, 2.45) is 5.92 Å². The number of sulfonamides is 1. The van der Waals surface area contributed by atoms with Gasteiger partial charge in [0.2, 0.25) is 15.9 Å². The van der Waals surface area contributed by atoms with Crippen LogP contribution in [0.3, 0.4) is 0 Å². The molecule has 2 heterocycles. The minimum atomic E-state index is -3.27. The summed E-state index contributed by atoms with van der Waals surface area (Å²) in [6.07, 6.45) is 9.62. The highest BCUT2D eigenvalue weighted by molar-refractivity contribution is 7.88. The van der Waals surface area contributed by atoms with Crippen molar-refractivity contribution in [1.29, 1.82) is 0 Å². The Morgan fingerprint density at radius 3 is 2.50 bits per heavy atom. The van der Waals surface area contributed by atoms with Crippen LogP contribution < -0.4 is 0 Å². The molecular formula is C20H37N3O4S. The maximum atomic E-state index is 12.6. The fourth-order valence-electron chi connectivity index (χ4n) is 4.88. The molecule has 0 aromatic heterocycles. The Balaban J connectivity index is 1.45. The first-order chi connectivity index (χ1) is 13.4. The minimum absolute atomic E-state index is 0.0740. The Kier molecular flexibility index (Phi) is 8.14. The third-order valence-electron chi connectivity index (χ3n) is 6.55. The van der Waals surface area contributed by atoms with Crippen molar-refractivity contribution in [3.8, 4) is 0 Å². The number of amides is 1. The number of carbonyl (C=O) groups is 1. The number of morpholine rings is 1. The largest absolute Gasteiger partial charge is 0.379 e. The summed E-state index contributed by atoms with van der Waals surface area (Å²) in [5.74, 6) is 0.922. The van der Waals surface area contributed by atoms with Crippen LogP contribution in [0.1, 0.15) is 51.4 Å². The van der Waals surface area contributed by atoms with E-state index in [1.807, 2.05) is 4.90 Å². The van der Waals surface area contributed by atoms with Crippen LogP contribution in [0.15, 0.2) is 0 Å². The Bertz CT molecular complexity index is 601. The van der Waals surface area contributed by atoms with Gasteiger partial charge in [0.15, 0.2) is 0 Å². The Hall–Kier alpha value is -0.700. The summed E-state index contributed by atoms with van der Waals surface area (Å²) in [6.45, 7) is 6.03. The van der Waals surface area contributed by atoms with Gasteiger partial charge in [-0.05, 0) is 31.7 Å². The van der Waals surface area contributed by atoms with E-state index < -0.39 is 10.0 Å². The highest BCUT2D eigenvalue weighted by Gasteiger charge is 2.34.